The molecule has 2 aliphatic heterocycles. The van der Waals surface area contributed by atoms with Crippen LogP contribution in [0.15, 0.2) is 36.4 Å². The first kappa shape index (κ1) is 21.4. The molecule has 1 aliphatic carbocycles. The lowest BCUT2D eigenvalue weighted by Crippen LogP contribution is -2.35. The van der Waals surface area contributed by atoms with Crippen molar-refractivity contribution in [2.45, 2.75) is 57.0 Å². The van der Waals surface area contributed by atoms with Gasteiger partial charge >= 0.3 is 5.97 Å². The summed E-state index contributed by atoms with van der Waals surface area (Å²) in [5.41, 5.74) is 14.5. The van der Waals surface area contributed by atoms with Crippen LogP contribution in [-0.4, -0.2) is 28.7 Å². The molecule has 0 saturated heterocycles. The first-order chi connectivity index (χ1) is 15.1. The normalized spacial score (nSPS) is 20.3. The highest BCUT2D eigenvalue weighted by Gasteiger charge is 2.33. The van der Waals surface area contributed by atoms with E-state index in [2.05, 4.69) is 33.7 Å². The van der Waals surface area contributed by atoms with Crippen LogP contribution in [0.5, 0.6) is 0 Å². The molecular formula is C26H30ClN3O2. The van der Waals surface area contributed by atoms with Crippen molar-refractivity contribution in [3.8, 4) is 11.3 Å². The van der Waals surface area contributed by atoms with Gasteiger partial charge in [0.25, 0.3) is 0 Å². The van der Waals surface area contributed by atoms with E-state index in [4.69, 9.17) is 5.73 Å². The number of aromatic nitrogens is 1. The van der Waals surface area contributed by atoms with Gasteiger partial charge in [0.15, 0.2) is 0 Å². The van der Waals surface area contributed by atoms with E-state index in [1.54, 1.807) is 6.07 Å². The average molecular weight is 452 g/mol. The summed E-state index contributed by atoms with van der Waals surface area (Å²) in [4.78, 5) is 14.2. The van der Waals surface area contributed by atoms with E-state index in [-0.39, 0.29) is 18.4 Å². The number of aromatic carboxylic acids is 1. The third-order valence-corrected chi connectivity index (χ3v) is 7.71. The maximum Gasteiger partial charge on any atom is 0.335 e. The van der Waals surface area contributed by atoms with Crippen molar-refractivity contribution in [3.05, 3.63) is 53.1 Å². The molecule has 5 nitrogen and oxygen atoms in total. The molecule has 0 bridgehead atoms. The number of carbonyl (C=O) groups is 1. The number of carboxylic acid groups (broad SMARTS) is 1. The molecular weight excluding hydrogens is 422 g/mol. The van der Waals surface area contributed by atoms with Crippen molar-refractivity contribution in [1.82, 2.24) is 4.57 Å². The van der Waals surface area contributed by atoms with Crippen LogP contribution in [-0.2, 0) is 6.54 Å². The predicted molar refractivity (Wildman–Crippen MR) is 131 cm³/mol. The maximum atomic E-state index is 11.7. The van der Waals surface area contributed by atoms with Gasteiger partial charge in [0, 0.05) is 42.1 Å². The molecule has 1 saturated carbocycles. The van der Waals surface area contributed by atoms with Crippen LogP contribution in [0.4, 0.5) is 5.69 Å². The summed E-state index contributed by atoms with van der Waals surface area (Å²) >= 11 is 0. The molecule has 168 valence electrons. The standard InChI is InChI=1S/C26H29N3O2.ClH/c27-21-11-12-28-13-14-29-22-15-17(26(30)31)9-10-19(22)23(16-5-2-1-3-6-16)25(29)20-8-4-7-18(21)24(20)28;/h4,7-10,15-16,21H,1-3,5-6,11-14,27H2,(H,30,31);1H/t21-;/m1./s1. The molecule has 1 fully saturated rings. The number of benzene rings is 2. The highest BCUT2D eigenvalue weighted by Crippen LogP contribution is 2.49. The lowest BCUT2D eigenvalue weighted by Gasteiger charge is -2.35. The Labute approximate surface area is 194 Å². The van der Waals surface area contributed by atoms with Gasteiger partial charge in [0.05, 0.1) is 16.9 Å². The number of rotatable bonds is 2. The molecule has 1 atom stereocenters. The molecule has 0 radical (unpaired) electrons. The fraction of sp³-hybridized carbons (Fsp3) is 0.423. The van der Waals surface area contributed by atoms with Crippen molar-refractivity contribution in [2.75, 3.05) is 18.0 Å². The molecule has 3 aromatic rings. The van der Waals surface area contributed by atoms with Crippen LogP contribution in [0.25, 0.3) is 22.2 Å². The van der Waals surface area contributed by atoms with Gasteiger partial charge in [-0.15, -0.1) is 12.4 Å². The van der Waals surface area contributed by atoms with Gasteiger partial charge in [0.1, 0.15) is 0 Å². The molecule has 2 aromatic carbocycles. The Balaban J connectivity index is 0.00000216. The highest BCUT2D eigenvalue weighted by molar-refractivity contribution is 6.00. The lowest BCUT2D eigenvalue weighted by molar-refractivity contribution is 0.0697. The van der Waals surface area contributed by atoms with Gasteiger partial charge in [-0.25, -0.2) is 4.79 Å². The lowest BCUT2D eigenvalue weighted by atomic mass is 9.81. The van der Waals surface area contributed by atoms with E-state index in [1.165, 1.54) is 65.6 Å². The van der Waals surface area contributed by atoms with Crippen LogP contribution in [0, 0.1) is 0 Å². The zero-order valence-electron chi connectivity index (χ0n) is 18.2. The molecule has 1 aromatic heterocycles. The largest absolute Gasteiger partial charge is 0.478 e. The third kappa shape index (κ3) is 3.13. The summed E-state index contributed by atoms with van der Waals surface area (Å²) in [6.45, 7) is 2.77. The van der Waals surface area contributed by atoms with Crippen molar-refractivity contribution in [3.63, 3.8) is 0 Å². The SMILES string of the molecule is Cl.N[C@@H]1CCN2CCn3c(c(C4CCCCC4)c4ccc(C(=O)O)cc43)-c3cccc1c32. The van der Waals surface area contributed by atoms with E-state index in [0.29, 0.717) is 11.5 Å². The summed E-state index contributed by atoms with van der Waals surface area (Å²) in [6.07, 6.45) is 7.26. The summed E-state index contributed by atoms with van der Waals surface area (Å²) < 4.78 is 2.41. The fourth-order valence-corrected chi connectivity index (χ4v) is 6.25. The zero-order chi connectivity index (χ0) is 21.1. The van der Waals surface area contributed by atoms with E-state index in [9.17, 15) is 9.90 Å². The quantitative estimate of drug-likeness (QED) is 0.524. The molecule has 0 unspecified atom stereocenters. The van der Waals surface area contributed by atoms with Crippen LogP contribution < -0.4 is 10.6 Å². The van der Waals surface area contributed by atoms with Crippen LogP contribution in [0.3, 0.4) is 0 Å². The number of anilines is 1. The molecule has 3 N–H and O–H groups in total. The van der Waals surface area contributed by atoms with Crippen molar-refractivity contribution >= 4 is 35.0 Å². The maximum absolute atomic E-state index is 11.7. The Bertz CT molecular complexity index is 1200. The van der Waals surface area contributed by atoms with E-state index in [1.807, 2.05) is 6.07 Å². The minimum atomic E-state index is -0.863. The minimum absolute atomic E-state index is 0. The minimum Gasteiger partial charge on any atom is -0.478 e. The zero-order valence-corrected chi connectivity index (χ0v) is 19.0. The van der Waals surface area contributed by atoms with Gasteiger partial charge in [-0.1, -0.05) is 43.5 Å². The van der Waals surface area contributed by atoms with Gasteiger partial charge < -0.3 is 20.3 Å². The predicted octanol–water partition coefficient (Wildman–Crippen LogP) is 5.70. The Hall–Kier alpha value is -2.50. The monoisotopic (exact) mass is 451 g/mol. The van der Waals surface area contributed by atoms with E-state index >= 15 is 0 Å². The second kappa shape index (κ2) is 8.13. The second-order valence-electron chi connectivity index (χ2n) is 9.41. The fourth-order valence-electron chi connectivity index (χ4n) is 6.25. The number of nitrogens with zero attached hydrogens (tertiary/aromatic N) is 2. The molecule has 0 amide bonds. The molecule has 3 aliphatic rings. The Morgan fingerprint density at radius 2 is 1.81 bits per heavy atom. The van der Waals surface area contributed by atoms with Crippen molar-refractivity contribution in [2.24, 2.45) is 5.73 Å². The Morgan fingerprint density at radius 1 is 1.00 bits per heavy atom. The number of fused-ring (bicyclic) bond motifs is 4. The smallest absolute Gasteiger partial charge is 0.335 e. The van der Waals surface area contributed by atoms with Crippen molar-refractivity contribution < 1.29 is 9.90 Å². The average Bonchev–Trinajstić information content (AvgIpc) is 3.02. The first-order valence-corrected chi connectivity index (χ1v) is 11.7. The highest BCUT2D eigenvalue weighted by atomic mass is 35.5. The number of hydrogen-bond acceptors (Lipinski definition) is 3. The van der Waals surface area contributed by atoms with Crippen molar-refractivity contribution in [1.29, 1.82) is 0 Å². The number of para-hydroxylation sites is 1. The Morgan fingerprint density at radius 3 is 2.59 bits per heavy atom. The number of halogens is 1. The van der Waals surface area contributed by atoms with Crippen LogP contribution in [0.2, 0.25) is 0 Å². The summed E-state index contributed by atoms with van der Waals surface area (Å²) in [7, 11) is 0. The molecule has 0 spiro atoms. The van der Waals surface area contributed by atoms with Gasteiger partial charge in [0.2, 0.25) is 0 Å². The summed E-state index contributed by atoms with van der Waals surface area (Å²) in [5.74, 6) is -0.332. The number of nitrogens with two attached hydrogens (primary N) is 1. The first-order valence-electron chi connectivity index (χ1n) is 11.7. The van der Waals surface area contributed by atoms with Crippen LogP contribution >= 0.6 is 12.4 Å². The van der Waals surface area contributed by atoms with E-state index in [0.717, 1.165) is 31.6 Å². The van der Waals surface area contributed by atoms with E-state index < -0.39 is 5.97 Å². The topological polar surface area (TPSA) is 71.5 Å². The second-order valence-corrected chi connectivity index (χ2v) is 9.41. The molecule has 32 heavy (non-hydrogen) atoms. The van der Waals surface area contributed by atoms with Crippen LogP contribution in [0.1, 0.15) is 72.0 Å². The molecule has 6 rings (SSSR count). The number of hydrogen-bond donors (Lipinski definition) is 2. The molecule has 3 heterocycles. The summed E-state index contributed by atoms with van der Waals surface area (Å²) in [6, 6.07) is 12.4. The van der Waals surface area contributed by atoms with Gasteiger partial charge in [-0.05, 0) is 48.4 Å². The van der Waals surface area contributed by atoms with Gasteiger partial charge in [-0.2, -0.15) is 0 Å². The summed E-state index contributed by atoms with van der Waals surface area (Å²) in [5, 5.41) is 10.9. The Kier molecular flexibility index (Phi) is 5.42. The molecule has 6 heteroatoms. The number of carboxylic acids is 1. The third-order valence-electron chi connectivity index (χ3n) is 7.71. The van der Waals surface area contributed by atoms with Gasteiger partial charge in [-0.3, -0.25) is 0 Å².